The van der Waals surface area contributed by atoms with E-state index in [1.165, 1.54) is 0 Å². The summed E-state index contributed by atoms with van der Waals surface area (Å²) in [5.41, 5.74) is 6.90. The van der Waals surface area contributed by atoms with Gasteiger partial charge in [-0.3, -0.25) is 9.59 Å². The van der Waals surface area contributed by atoms with Crippen molar-refractivity contribution in [2.24, 2.45) is 5.73 Å². The van der Waals surface area contributed by atoms with E-state index in [1.54, 1.807) is 24.3 Å². The molecule has 5 heteroatoms. The van der Waals surface area contributed by atoms with Gasteiger partial charge in [-0.15, -0.1) is 0 Å². The number of anilines is 1. The van der Waals surface area contributed by atoms with Gasteiger partial charge in [0.15, 0.2) is 0 Å². The highest BCUT2D eigenvalue weighted by atomic mass is 79.9. The van der Waals surface area contributed by atoms with Crippen LogP contribution in [0.2, 0.25) is 0 Å². The minimum atomic E-state index is -0.479. The molecular formula is C18H17BrN2O2. The Morgan fingerprint density at radius 2 is 1.61 bits per heavy atom. The van der Waals surface area contributed by atoms with E-state index >= 15 is 0 Å². The van der Waals surface area contributed by atoms with E-state index in [2.05, 4.69) is 21.2 Å². The first-order valence-corrected chi connectivity index (χ1v) is 8.28. The molecule has 118 valence electrons. The molecule has 3 N–H and O–H groups in total. The zero-order chi connectivity index (χ0) is 16.4. The highest BCUT2D eigenvalue weighted by Crippen LogP contribution is 2.44. The third-order valence-electron chi connectivity index (χ3n) is 4.47. The normalized spacial score (nSPS) is 15.5. The number of benzene rings is 2. The molecule has 1 aliphatic carbocycles. The molecule has 2 aromatic rings. The van der Waals surface area contributed by atoms with Crippen molar-refractivity contribution in [2.45, 2.75) is 24.7 Å². The second kappa shape index (κ2) is 6.16. The van der Waals surface area contributed by atoms with Crippen LogP contribution in [0, 0.1) is 0 Å². The molecule has 0 atom stereocenters. The number of nitrogens with two attached hydrogens (primary N) is 1. The van der Waals surface area contributed by atoms with Gasteiger partial charge in [-0.05, 0) is 54.8 Å². The summed E-state index contributed by atoms with van der Waals surface area (Å²) in [7, 11) is 0. The molecule has 1 fully saturated rings. The van der Waals surface area contributed by atoms with Crippen LogP contribution in [0.15, 0.2) is 53.0 Å². The zero-order valence-corrected chi connectivity index (χ0v) is 14.1. The average Bonchev–Trinajstić information content (AvgIpc) is 2.48. The van der Waals surface area contributed by atoms with E-state index in [0.717, 1.165) is 29.3 Å². The molecule has 0 heterocycles. The molecule has 0 aliphatic heterocycles. The third kappa shape index (κ3) is 3.01. The molecule has 2 amide bonds. The molecule has 0 radical (unpaired) electrons. The van der Waals surface area contributed by atoms with E-state index in [1.807, 2.05) is 24.3 Å². The lowest BCUT2D eigenvalue weighted by Gasteiger charge is -2.40. The summed E-state index contributed by atoms with van der Waals surface area (Å²) in [5.74, 6) is -0.480. The van der Waals surface area contributed by atoms with Crippen molar-refractivity contribution in [3.8, 4) is 0 Å². The standard InChI is InChI=1S/C18H17BrN2O2/c19-14-6-4-13(5-7-14)18(10-1-11-18)17(23)21-15-8-2-12(3-9-15)16(20)22/h2-9H,1,10-11H2,(H2,20,22)(H,21,23). The van der Waals surface area contributed by atoms with Crippen molar-refractivity contribution in [2.75, 3.05) is 5.32 Å². The van der Waals surface area contributed by atoms with Crippen LogP contribution < -0.4 is 11.1 Å². The second-order valence-electron chi connectivity index (χ2n) is 5.84. The quantitative estimate of drug-likeness (QED) is 0.860. The SMILES string of the molecule is NC(=O)c1ccc(NC(=O)C2(c3ccc(Br)cc3)CCC2)cc1. The predicted octanol–water partition coefficient (Wildman–Crippen LogP) is 3.61. The molecule has 0 spiro atoms. The minimum Gasteiger partial charge on any atom is -0.366 e. The Morgan fingerprint density at radius 3 is 2.09 bits per heavy atom. The summed E-state index contributed by atoms with van der Waals surface area (Å²) in [6.45, 7) is 0. The van der Waals surface area contributed by atoms with Gasteiger partial charge in [-0.25, -0.2) is 0 Å². The van der Waals surface area contributed by atoms with E-state index in [-0.39, 0.29) is 5.91 Å². The van der Waals surface area contributed by atoms with Gasteiger partial charge in [0.25, 0.3) is 0 Å². The van der Waals surface area contributed by atoms with Crippen LogP contribution in [0.4, 0.5) is 5.69 Å². The lowest BCUT2D eigenvalue weighted by Crippen LogP contribution is -2.46. The Hall–Kier alpha value is -2.14. The Morgan fingerprint density at radius 1 is 1.00 bits per heavy atom. The van der Waals surface area contributed by atoms with Crippen LogP contribution in [-0.4, -0.2) is 11.8 Å². The maximum atomic E-state index is 12.8. The van der Waals surface area contributed by atoms with Crippen LogP contribution >= 0.6 is 15.9 Å². The predicted molar refractivity (Wildman–Crippen MR) is 93.3 cm³/mol. The Labute approximate surface area is 143 Å². The number of amides is 2. The largest absolute Gasteiger partial charge is 0.366 e. The molecule has 0 unspecified atom stereocenters. The summed E-state index contributed by atoms with van der Waals surface area (Å²) in [6.07, 6.45) is 2.74. The lowest BCUT2D eigenvalue weighted by molar-refractivity contribution is -0.124. The van der Waals surface area contributed by atoms with Crippen molar-refractivity contribution in [3.63, 3.8) is 0 Å². The maximum absolute atomic E-state index is 12.8. The van der Waals surface area contributed by atoms with E-state index in [0.29, 0.717) is 11.3 Å². The number of primary amides is 1. The van der Waals surface area contributed by atoms with Crippen LogP contribution in [0.1, 0.15) is 35.2 Å². The van der Waals surface area contributed by atoms with Gasteiger partial charge in [0.05, 0.1) is 5.41 Å². The maximum Gasteiger partial charge on any atom is 0.248 e. The first-order chi connectivity index (χ1) is 11.0. The van der Waals surface area contributed by atoms with Crippen molar-refractivity contribution < 1.29 is 9.59 Å². The van der Waals surface area contributed by atoms with Crippen LogP contribution in [-0.2, 0) is 10.2 Å². The number of carbonyl (C=O) groups is 2. The van der Waals surface area contributed by atoms with Crippen LogP contribution in [0.25, 0.3) is 0 Å². The highest BCUT2D eigenvalue weighted by Gasteiger charge is 2.45. The number of hydrogen-bond donors (Lipinski definition) is 2. The molecule has 1 aliphatic rings. The third-order valence-corrected chi connectivity index (χ3v) is 4.99. The first kappa shape index (κ1) is 15.7. The summed E-state index contributed by atoms with van der Waals surface area (Å²) in [5, 5.41) is 2.96. The minimum absolute atomic E-state index is 0.00195. The number of rotatable bonds is 4. The number of carbonyl (C=O) groups excluding carboxylic acids is 2. The molecular weight excluding hydrogens is 356 g/mol. The molecule has 0 saturated heterocycles. The molecule has 1 saturated carbocycles. The molecule has 0 bridgehead atoms. The fourth-order valence-corrected chi connectivity index (χ4v) is 3.18. The first-order valence-electron chi connectivity index (χ1n) is 7.49. The average molecular weight is 373 g/mol. The summed E-state index contributed by atoms with van der Waals surface area (Å²) < 4.78 is 0.998. The van der Waals surface area contributed by atoms with Crippen LogP contribution in [0.3, 0.4) is 0 Å². The summed E-state index contributed by atoms with van der Waals surface area (Å²) in [4.78, 5) is 23.9. The molecule has 4 nitrogen and oxygen atoms in total. The Bertz CT molecular complexity index is 735. The topological polar surface area (TPSA) is 72.2 Å². The second-order valence-corrected chi connectivity index (χ2v) is 6.75. The van der Waals surface area contributed by atoms with Crippen LogP contribution in [0.5, 0.6) is 0 Å². The zero-order valence-electron chi connectivity index (χ0n) is 12.5. The van der Waals surface area contributed by atoms with Gasteiger partial charge in [0.2, 0.25) is 11.8 Å². The van der Waals surface area contributed by atoms with Gasteiger partial charge in [0, 0.05) is 15.7 Å². The lowest BCUT2D eigenvalue weighted by atomic mass is 9.64. The molecule has 2 aromatic carbocycles. The Kier molecular flexibility index (Phi) is 4.22. The number of hydrogen-bond acceptors (Lipinski definition) is 2. The molecule has 0 aromatic heterocycles. The fraction of sp³-hybridized carbons (Fsp3) is 0.222. The molecule has 3 rings (SSSR count). The van der Waals surface area contributed by atoms with Gasteiger partial charge in [0.1, 0.15) is 0 Å². The molecule has 23 heavy (non-hydrogen) atoms. The van der Waals surface area contributed by atoms with Gasteiger partial charge >= 0.3 is 0 Å². The summed E-state index contributed by atoms with van der Waals surface area (Å²) in [6, 6.07) is 14.6. The number of halogens is 1. The summed E-state index contributed by atoms with van der Waals surface area (Å²) >= 11 is 3.42. The smallest absolute Gasteiger partial charge is 0.248 e. The van der Waals surface area contributed by atoms with Gasteiger partial charge < -0.3 is 11.1 Å². The monoisotopic (exact) mass is 372 g/mol. The van der Waals surface area contributed by atoms with Crippen molar-refractivity contribution in [3.05, 3.63) is 64.1 Å². The van der Waals surface area contributed by atoms with Crippen molar-refractivity contribution >= 4 is 33.4 Å². The van der Waals surface area contributed by atoms with E-state index in [4.69, 9.17) is 5.73 Å². The fourth-order valence-electron chi connectivity index (χ4n) is 2.91. The van der Waals surface area contributed by atoms with Crippen molar-refractivity contribution in [1.82, 2.24) is 0 Å². The van der Waals surface area contributed by atoms with E-state index in [9.17, 15) is 9.59 Å². The van der Waals surface area contributed by atoms with Gasteiger partial charge in [-0.1, -0.05) is 34.5 Å². The highest BCUT2D eigenvalue weighted by molar-refractivity contribution is 9.10. The Balaban J connectivity index is 1.80. The van der Waals surface area contributed by atoms with Gasteiger partial charge in [-0.2, -0.15) is 0 Å². The van der Waals surface area contributed by atoms with Crippen molar-refractivity contribution in [1.29, 1.82) is 0 Å². The number of nitrogens with one attached hydrogen (secondary N) is 1. The van der Waals surface area contributed by atoms with E-state index < -0.39 is 11.3 Å².